The van der Waals surface area contributed by atoms with Crippen molar-refractivity contribution in [3.05, 3.63) is 109 Å². The lowest BCUT2D eigenvalue weighted by Gasteiger charge is -2.18. The minimum Gasteiger partial charge on any atom is -0.462 e. The molecule has 0 N–H and O–H groups in total. The van der Waals surface area contributed by atoms with Crippen molar-refractivity contribution in [2.45, 2.75) is 252 Å². The fourth-order valence-corrected chi connectivity index (χ4v) is 7.36. The van der Waals surface area contributed by atoms with Gasteiger partial charge < -0.3 is 14.2 Å². The maximum absolute atomic E-state index is 12.8. The normalized spacial score (nSPS) is 12.9. The Hall–Kier alpha value is -3.93. The van der Waals surface area contributed by atoms with Crippen LogP contribution in [0, 0.1) is 0 Å². The number of unbranched alkanes of at least 4 members (excludes halogenated alkanes) is 20. The highest BCUT2D eigenvalue weighted by molar-refractivity contribution is 5.71. The molecule has 0 aliphatic carbocycles. The maximum atomic E-state index is 12.8. The molecule has 1 atom stereocenters. The van der Waals surface area contributed by atoms with Crippen LogP contribution in [0.2, 0.25) is 0 Å². The van der Waals surface area contributed by atoms with Crippen LogP contribution in [0.4, 0.5) is 0 Å². The molecule has 68 heavy (non-hydrogen) atoms. The first kappa shape index (κ1) is 64.1. The smallest absolute Gasteiger partial charge is 0.306 e. The Labute approximate surface area is 419 Å². The molecule has 0 spiro atoms. The van der Waals surface area contributed by atoms with Crippen LogP contribution in [-0.4, -0.2) is 37.2 Å². The van der Waals surface area contributed by atoms with Gasteiger partial charge in [0, 0.05) is 19.3 Å². The van der Waals surface area contributed by atoms with Crippen LogP contribution < -0.4 is 0 Å². The van der Waals surface area contributed by atoms with E-state index in [1.165, 1.54) is 77.0 Å². The summed E-state index contributed by atoms with van der Waals surface area (Å²) in [6, 6.07) is 0. The Kier molecular flexibility index (Phi) is 52.4. The highest BCUT2D eigenvalue weighted by Crippen LogP contribution is 2.14. The summed E-state index contributed by atoms with van der Waals surface area (Å²) >= 11 is 0. The summed E-state index contributed by atoms with van der Waals surface area (Å²) < 4.78 is 16.8. The van der Waals surface area contributed by atoms with E-state index in [4.69, 9.17) is 14.2 Å². The zero-order valence-corrected chi connectivity index (χ0v) is 44.1. The molecule has 6 heteroatoms. The standard InChI is InChI=1S/C62H102O6/c1-4-7-10-13-16-19-22-25-28-30-31-32-35-37-40-43-46-49-52-55-61(64)67-58-59(57-66-60(63)54-51-48-45-42-39-36-33-27-24-21-18-15-12-9-6-3)68-62(65)56-53-50-47-44-41-38-34-29-26-23-20-17-14-11-8-5-2/h7-8,10-11,16-17,19-21,24-26,28-29,31-32,38,41,59H,4-6,9,12-15,18,22-23,27,30,33-37,39-40,42-58H2,1-3H3/b10-7-,11-8-,19-16-,20-17-,24-21-,28-25-,29-26-,32-31-,41-38-. The van der Waals surface area contributed by atoms with Crippen molar-refractivity contribution in [3.8, 4) is 0 Å². The molecule has 0 saturated carbocycles. The van der Waals surface area contributed by atoms with Crippen LogP contribution in [0.25, 0.3) is 0 Å². The Bertz CT molecular complexity index is 1410. The van der Waals surface area contributed by atoms with E-state index in [0.29, 0.717) is 12.8 Å². The van der Waals surface area contributed by atoms with Crippen molar-refractivity contribution < 1.29 is 28.6 Å². The third kappa shape index (κ3) is 53.0. The molecule has 0 rings (SSSR count). The third-order valence-corrected chi connectivity index (χ3v) is 11.5. The summed E-state index contributed by atoms with van der Waals surface area (Å²) in [4.78, 5) is 38.1. The number of esters is 3. The summed E-state index contributed by atoms with van der Waals surface area (Å²) in [7, 11) is 0. The number of carbonyl (C=O) groups excluding carboxylic acids is 3. The molecule has 386 valence electrons. The van der Waals surface area contributed by atoms with Crippen LogP contribution in [0.5, 0.6) is 0 Å². The Morgan fingerprint density at radius 2 is 0.574 bits per heavy atom. The number of ether oxygens (including phenoxy) is 3. The van der Waals surface area contributed by atoms with E-state index in [2.05, 4.69) is 130 Å². The van der Waals surface area contributed by atoms with E-state index < -0.39 is 6.10 Å². The quantitative estimate of drug-likeness (QED) is 0.0262. The number of carbonyl (C=O) groups is 3. The van der Waals surface area contributed by atoms with Gasteiger partial charge in [-0.15, -0.1) is 0 Å². The Balaban J connectivity index is 4.48. The molecule has 0 fully saturated rings. The molecule has 0 radical (unpaired) electrons. The molecule has 0 heterocycles. The first-order valence-electron chi connectivity index (χ1n) is 27.9. The van der Waals surface area contributed by atoms with Gasteiger partial charge >= 0.3 is 17.9 Å². The third-order valence-electron chi connectivity index (χ3n) is 11.5. The van der Waals surface area contributed by atoms with Gasteiger partial charge in [0.2, 0.25) is 0 Å². The monoisotopic (exact) mass is 943 g/mol. The van der Waals surface area contributed by atoms with Crippen molar-refractivity contribution in [1.82, 2.24) is 0 Å². The van der Waals surface area contributed by atoms with Crippen LogP contribution in [0.15, 0.2) is 109 Å². The Morgan fingerprint density at radius 1 is 0.309 bits per heavy atom. The SMILES string of the molecule is CC/C=C\C/C=C\C/C=C\C/C=C\CCCCCCCCC(=O)OCC(COC(=O)CCCCCCCCC/C=C\CCCCCC)OC(=O)CCCCC/C=C\C/C=C\C/C=C\C/C=C\CC. The molecule has 0 aromatic rings. The number of hydrogen-bond donors (Lipinski definition) is 0. The molecule has 0 aromatic heterocycles. The molecule has 6 nitrogen and oxygen atoms in total. The van der Waals surface area contributed by atoms with Crippen molar-refractivity contribution >= 4 is 17.9 Å². The minimum atomic E-state index is -0.805. The molecule has 1 unspecified atom stereocenters. The molecule has 0 saturated heterocycles. The maximum Gasteiger partial charge on any atom is 0.306 e. The van der Waals surface area contributed by atoms with E-state index in [9.17, 15) is 14.4 Å². The molecule has 0 aliphatic heterocycles. The first-order chi connectivity index (χ1) is 33.5. The highest BCUT2D eigenvalue weighted by atomic mass is 16.6. The predicted molar refractivity (Wildman–Crippen MR) is 293 cm³/mol. The Morgan fingerprint density at radius 3 is 0.926 bits per heavy atom. The van der Waals surface area contributed by atoms with Crippen LogP contribution in [-0.2, 0) is 28.6 Å². The molecular formula is C62H102O6. The topological polar surface area (TPSA) is 78.9 Å². The second-order valence-electron chi connectivity index (χ2n) is 18.1. The van der Waals surface area contributed by atoms with Gasteiger partial charge in [-0.25, -0.2) is 0 Å². The second-order valence-corrected chi connectivity index (χ2v) is 18.1. The van der Waals surface area contributed by atoms with Crippen molar-refractivity contribution in [1.29, 1.82) is 0 Å². The molecule has 0 bridgehead atoms. The van der Waals surface area contributed by atoms with E-state index >= 15 is 0 Å². The van der Waals surface area contributed by atoms with Gasteiger partial charge in [0.15, 0.2) is 6.10 Å². The van der Waals surface area contributed by atoms with Crippen LogP contribution in [0.1, 0.15) is 245 Å². The summed E-state index contributed by atoms with van der Waals surface area (Å²) in [5.74, 6) is -0.950. The fraction of sp³-hybridized carbons (Fsp3) is 0.661. The van der Waals surface area contributed by atoms with Gasteiger partial charge in [0.1, 0.15) is 13.2 Å². The minimum absolute atomic E-state index is 0.0994. The van der Waals surface area contributed by atoms with E-state index in [-0.39, 0.29) is 37.5 Å². The lowest BCUT2D eigenvalue weighted by molar-refractivity contribution is -0.167. The lowest BCUT2D eigenvalue weighted by atomic mass is 10.1. The van der Waals surface area contributed by atoms with Gasteiger partial charge in [-0.05, 0) is 122 Å². The van der Waals surface area contributed by atoms with E-state index in [0.717, 1.165) is 128 Å². The number of rotatable bonds is 49. The molecule has 0 aliphatic rings. The zero-order chi connectivity index (χ0) is 49.3. The predicted octanol–water partition coefficient (Wildman–Crippen LogP) is 18.7. The van der Waals surface area contributed by atoms with Crippen LogP contribution >= 0.6 is 0 Å². The van der Waals surface area contributed by atoms with Gasteiger partial charge in [0.05, 0.1) is 0 Å². The molecule has 0 aromatic carbocycles. The average Bonchev–Trinajstić information content (AvgIpc) is 3.34. The summed E-state index contributed by atoms with van der Waals surface area (Å²) in [5, 5.41) is 0. The summed E-state index contributed by atoms with van der Waals surface area (Å²) in [6.45, 7) is 6.36. The highest BCUT2D eigenvalue weighted by Gasteiger charge is 2.19. The van der Waals surface area contributed by atoms with Crippen molar-refractivity contribution in [2.75, 3.05) is 13.2 Å². The molecule has 0 amide bonds. The molecular weight excluding hydrogens is 841 g/mol. The summed E-state index contributed by atoms with van der Waals surface area (Å²) in [5.41, 5.74) is 0. The first-order valence-corrected chi connectivity index (χ1v) is 27.9. The zero-order valence-electron chi connectivity index (χ0n) is 44.1. The van der Waals surface area contributed by atoms with Crippen molar-refractivity contribution in [2.24, 2.45) is 0 Å². The van der Waals surface area contributed by atoms with Gasteiger partial charge in [-0.3, -0.25) is 14.4 Å². The van der Waals surface area contributed by atoms with Gasteiger partial charge in [0.25, 0.3) is 0 Å². The summed E-state index contributed by atoms with van der Waals surface area (Å²) in [6.07, 6.45) is 75.0. The van der Waals surface area contributed by atoms with E-state index in [1.54, 1.807) is 0 Å². The van der Waals surface area contributed by atoms with Gasteiger partial charge in [-0.2, -0.15) is 0 Å². The number of hydrogen-bond acceptors (Lipinski definition) is 6. The fourth-order valence-electron chi connectivity index (χ4n) is 7.36. The number of allylic oxidation sites excluding steroid dienone is 18. The van der Waals surface area contributed by atoms with Gasteiger partial charge in [-0.1, -0.05) is 214 Å². The van der Waals surface area contributed by atoms with Crippen LogP contribution in [0.3, 0.4) is 0 Å². The second kappa shape index (κ2) is 55.7. The largest absolute Gasteiger partial charge is 0.462 e. The van der Waals surface area contributed by atoms with E-state index in [1.807, 2.05) is 0 Å². The average molecular weight is 943 g/mol. The lowest BCUT2D eigenvalue weighted by Crippen LogP contribution is -2.30. The van der Waals surface area contributed by atoms with Crippen molar-refractivity contribution in [3.63, 3.8) is 0 Å².